The van der Waals surface area contributed by atoms with Crippen molar-refractivity contribution in [3.05, 3.63) is 42.5 Å². The molecule has 0 bridgehead atoms. The maximum absolute atomic E-state index is 12.9. The number of carbonyl (C=O) groups is 2. The van der Waals surface area contributed by atoms with Crippen molar-refractivity contribution < 1.29 is 28.5 Å². The predicted octanol–water partition coefficient (Wildman–Crippen LogP) is 4.83. The summed E-state index contributed by atoms with van der Waals surface area (Å²) in [5.41, 5.74) is -0.0833. The molecular formula is C24H30N2O6. The van der Waals surface area contributed by atoms with Crippen molar-refractivity contribution in [2.24, 2.45) is 0 Å². The average Bonchev–Trinajstić information content (AvgIpc) is 3.24. The molecule has 1 fully saturated rings. The molecule has 1 aliphatic rings. The minimum absolute atomic E-state index is 0.270. The number of amides is 2. The van der Waals surface area contributed by atoms with Gasteiger partial charge in [-0.1, -0.05) is 0 Å². The van der Waals surface area contributed by atoms with Gasteiger partial charge in [0.1, 0.15) is 23.1 Å². The minimum atomic E-state index is -0.621. The van der Waals surface area contributed by atoms with Gasteiger partial charge in [0, 0.05) is 18.3 Å². The molecule has 8 nitrogen and oxygen atoms in total. The van der Waals surface area contributed by atoms with Crippen molar-refractivity contribution in [2.75, 3.05) is 26.1 Å². The molecule has 0 spiro atoms. The Balaban J connectivity index is 1.73. The van der Waals surface area contributed by atoms with Crippen LogP contribution >= 0.6 is 0 Å². The number of likely N-dealkylation sites (tertiary alicyclic amines) is 1. The van der Waals surface area contributed by atoms with Crippen molar-refractivity contribution in [2.45, 2.75) is 45.3 Å². The Kier molecular flexibility index (Phi) is 7.12. The van der Waals surface area contributed by atoms with Gasteiger partial charge in [-0.15, -0.1) is 0 Å². The summed E-state index contributed by atoms with van der Waals surface area (Å²) >= 11 is 0. The third-order valence-corrected chi connectivity index (χ3v) is 4.90. The van der Waals surface area contributed by atoms with Gasteiger partial charge in [-0.2, -0.15) is 0 Å². The first kappa shape index (κ1) is 23.2. The first-order valence-corrected chi connectivity index (χ1v) is 10.5. The number of methoxy groups -OCH3 is 2. The number of rotatable bonds is 6. The Hall–Kier alpha value is -3.42. The van der Waals surface area contributed by atoms with Crippen molar-refractivity contribution in [3.63, 3.8) is 0 Å². The lowest BCUT2D eigenvalue weighted by molar-refractivity contribution is -0.120. The van der Waals surface area contributed by atoms with Crippen LogP contribution in [0.15, 0.2) is 42.5 Å². The highest BCUT2D eigenvalue weighted by Gasteiger charge is 2.36. The molecule has 32 heavy (non-hydrogen) atoms. The number of carbonyl (C=O) groups excluding carboxylic acids is 2. The SMILES string of the molecule is COc1ccc(Oc2cc(NC(=O)C3CCCN3C(=O)OC(C)(C)C)ccc2OC)cc1. The van der Waals surface area contributed by atoms with Crippen molar-refractivity contribution in [1.29, 1.82) is 0 Å². The molecule has 1 unspecified atom stereocenters. The molecule has 0 aromatic heterocycles. The zero-order valence-corrected chi connectivity index (χ0v) is 19.1. The van der Waals surface area contributed by atoms with E-state index in [-0.39, 0.29) is 5.91 Å². The van der Waals surface area contributed by atoms with Crippen LogP contribution < -0.4 is 19.5 Å². The molecule has 2 aromatic carbocycles. The number of benzene rings is 2. The van der Waals surface area contributed by atoms with Gasteiger partial charge >= 0.3 is 6.09 Å². The van der Waals surface area contributed by atoms with Crippen LogP contribution in [0.1, 0.15) is 33.6 Å². The third kappa shape index (κ3) is 5.84. The van der Waals surface area contributed by atoms with E-state index in [0.29, 0.717) is 35.9 Å². The Morgan fingerprint density at radius 2 is 1.66 bits per heavy atom. The maximum Gasteiger partial charge on any atom is 0.410 e. The van der Waals surface area contributed by atoms with Crippen LogP contribution in [0.5, 0.6) is 23.0 Å². The molecule has 2 aromatic rings. The van der Waals surface area contributed by atoms with Crippen molar-refractivity contribution >= 4 is 17.7 Å². The van der Waals surface area contributed by atoms with Crippen molar-refractivity contribution in [1.82, 2.24) is 4.90 Å². The number of hydrogen-bond donors (Lipinski definition) is 1. The highest BCUT2D eigenvalue weighted by molar-refractivity contribution is 5.97. The standard InChI is InChI=1S/C24H30N2O6/c1-24(2,3)32-23(28)26-14-6-7-19(26)22(27)25-16-8-13-20(30-5)21(15-16)31-18-11-9-17(29-4)10-12-18/h8-13,15,19H,6-7,14H2,1-5H3,(H,25,27). The summed E-state index contributed by atoms with van der Waals surface area (Å²) < 4.78 is 21.9. The fraction of sp³-hybridized carbons (Fsp3) is 0.417. The van der Waals surface area contributed by atoms with E-state index in [0.717, 1.165) is 12.2 Å². The van der Waals surface area contributed by atoms with E-state index in [4.69, 9.17) is 18.9 Å². The molecule has 8 heteroatoms. The highest BCUT2D eigenvalue weighted by atomic mass is 16.6. The van der Waals surface area contributed by atoms with Gasteiger partial charge in [-0.05, 0) is 70.0 Å². The molecule has 0 saturated carbocycles. The average molecular weight is 443 g/mol. The van der Waals surface area contributed by atoms with Gasteiger partial charge in [-0.3, -0.25) is 9.69 Å². The lowest BCUT2D eigenvalue weighted by atomic mass is 10.2. The smallest absolute Gasteiger partial charge is 0.410 e. The summed E-state index contributed by atoms with van der Waals surface area (Å²) in [6.07, 6.45) is 0.843. The quantitative estimate of drug-likeness (QED) is 0.689. The van der Waals surface area contributed by atoms with E-state index in [1.165, 1.54) is 4.90 Å². The summed E-state index contributed by atoms with van der Waals surface area (Å²) in [7, 11) is 3.14. The van der Waals surface area contributed by atoms with Gasteiger partial charge in [0.05, 0.1) is 14.2 Å². The van der Waals surface area contributed by atoms with Crippen LogP contribution in [0.3, 0.4) is 0 Å². The second kappa shape index (κ2) is 9.80. The normalized spacial score (nSPS) is 15.8. The predicted molar refractivity (Wildman–Crippen MR) is 121 cm³/mol. The summed E-state index contributed by atoms with van der Waals surface area (Å²) in [6.45, 7) is 5.90. The van der Waals surface area contributed by atoms with Gasteiger partial charge in [-0.25, -0.2) is 4.79 Å². The number of nitrogens with zero attached hydrogens (tertiary/aromatic N) is 1. The lowest BCUT2D eigenvalue weighted by Crippen LogP contribution is -2.45. The van der Waals surface area contributed by atoms with E-state index in [1.54, 1.807) is 77.5 Å². The minimum Gasteiger partial charge on any atom is -0.497 e. The van der Waals surface area contributed by atoms with E-state index in [9.17, 15) is 9.59 Å². The molecule has 2 amide bonds. The second-order valence-corrected chi connectivity index (χ2v) is 8.46. The van der Waals surface area contributed by atoms with Crippen LogP contribution in [-0.2, 0) is 9.53 Å². The summed E-state index contributed by atoms with van der Waals surface area (Å²) in [5, 5.41) is 2.88. The third-order valence-electron chi connectivity index (χ3n) is 4.90. The molecular weight excluding hydrogens is 412 g/mol. The van der Waals surface area contributed by atoms with Crippen LogP contribution in [0.2, 0.25) is 0 Å². The Morgan fingerprint density at radius 1 is 0.969 bits per heavy atom. The van der Waals surface area contributed by atoms with E-state index in [2.05, 4.69) is 5.32 Å². The maximum atomic E-state index is 12.9. The van der Waals surface area contributed by atoms with Gasteiger partial charge in [0.2, 0.25) is 5.91 Å². The first-order chi connectivity index (χ1) is 15.2. The van der Waals surface area contributed by atoms with Crippen molar-refractivity contribution in [3.8, 4) is 23.0 Å². The number of ether oxygens (including phenoxy) is 4. The van der Waals surface area contributed by atoms with E-state index in [1.807, 2.05) is 0 Å². The number of anilines is 1. The van der Waals surface area contributed by atoms with Gasteiger partial charge in [0.25, 0.3) is 0 Å². The molecule has 1 N–H and O–H groups in total. The Bertz CT molecular complexity index is 952. The molecule has 1 aliphatic heterocycles. The monoisotopic (exact) mass is 442 g/mol. The molecule has 1 heterocycles. The zero-order valence-electron chi connectivity index (χ0n) is 19.1. The molecule has 1 atom stereocenters. The Labute approximate surface area is 188 Å². The molecule has 1 saturated heterocycles. The molecule has 3 rings (SSSR count). The lowest BCUT2D eigenvalue weighted by Gasteiger charge is -2.28. The van der Waals surface area contributed by atoms with Crippen LogP contribution in [-0.4, -0.2) is 49.3 Å². The van der Waals surface area contributed by atoms with E-state index >= 15 is 0 Å². The first-order valence-electron chi connectivity index (χ1n) is 10.5. The number of nitrogens with one attached hydrogen (secondary N) is 1. The van der Waals surface area contributed by atoms with Crippen LogP contribution in [0, 0.1) is 0 Å². The van der Waals surface area contributed by atoms with Gasteiger partial charge < -0.3 is 24.3 Å². The second-order valence-electron chi connectivity index (χ2n) is 8.46. The number of hydrogen-bond acceptors (Lipinski definition) is 6. The Morgan fingerprint density at radius 3 is 2.28 bits per heavy atom. The summed E-state index contributed by atoms with van der Waals surface area (Å²) in [4.78, 5) is 26.9. The largest absolute Gasteiger partial charge is 0.497 e. The molecule has 0 radical (unpaired) electrons. The van der Waals surface area contributed by atoms with Crippen LogP contribution in [0.25, 0.3) is 0 Å². The highest BCUT2D eigenvalue weighted by Crippen LogP contribution is 2.35. The fourth-order valence-corrected chi connectivity index (χ4v) is 3.41. The summed E-state index contributed by atoms with van der Waals surface area (Å²) in [5.74, 6) is 2.02. The zero-order chi connectivity index (χ0) is 23.3. The van der Waals surface area contributed by atoms with Gasteiger partial charge in [0.15, 0.2) is 11.5 Å². The summed E-state index contributed by atoms with van der Waals surface area (Å²) in [6, 6.07) is 11.7. The fourth-order valence-electron chi connectivity index (χ4n) is 3.41. The van der Waals surface area contributed by atoms with E-state index < -0.39 is 17.7 Å². The topological polar surface area (TPSA) is 86.3 Å². The van der Waals surface area contributed by atoms with Crippen LogP contribution in [0.4, 0.5) is 10.5 Å². The molecule has 0 aliphatic carbocycles. The molecule has 172 valence electrons.